The van der Waals surface area contributed by atoms with Crippen LogP contribution in [-0.2, 0) is 14.3 Å². The predicted octanol–water partition coefficient (Wildman–Crippen LogP) is 1.73. The number of carbonyl (C=O) groups is 1. The van der Waals surface area contributed by atoms with E-state index in [9.17, 15) is 4.79 Å². The first-order chi connectivity index (χ1) is 6.76. The minimum atomic E-state index is -0.0467. The molecule has 2 fully saturated rings. The van der Waals surface area contributed by atoms with Crippen molar-refractivity contribution < 1.29 is 14.3 Å². The maximum Gasteiger partial charge on any atom is 0.308 e. The van der Waals surface area contributed by atoms with Gasteiger partial charge in [0.15, 0.2) is 0 Å². The minimum Gasteiger partial charge on any atom is -0.498 e. The molecular formula is C11H16O3. The molecule has 2 bridgehead atoms. The molecule has 0 amide bonds. The zero-order chi connectivity index (χ0) is 10.1. The summed E-state index contributed by atoms with van der Waals surface area (Å²) >= 11 is 0. The molecule has 2 aliphatic carbocycles. The highest BCUT2D eigenvalue weighted by Gasteiger charge is 2.49. The molecule has 14 heavy (non-hydrogen) atoms. The number of esters is 1. The average molecular weight is 196 g/mol. The van der Waals surface area contributed by atoms with Crippen LogP contribution in [0.4, 0.5) is 0 Å². The van der Waals surface area contributed by atoms with Gasteiger partial charge >= 0.3 is 5.97 Å². The van der Waals surface area contributed by atoms with Crippen LogP contribution < -0.4 is 0 Å². The summed E-state index contributed by atoms with van der Waals surface area (Å²) in [6.45, 7) is 3.56. The van der Waals surface area contributed by atoms with Gasteiger partial charge in [0.2, 0.25) is 0 Å². The molecule has 78 valence electrons. The normalized spacial score (nSPS) is 39.5. The van der Waals surface area contributed by atoms with Gasteiger partial charge in [0, 0.05) is 0 Å². The first-order valence-electron chi connectivity index (χ1n) is 5.10. The highest BCUT2D eigenvalue weighted by molar-refractivity contribution is 5.73. The van der Waals surface area contributed by atoms with Crippen molar-refractivity contribution in [2.45, 2.75) is 25.4 Å². The van der Waals surface area contributed by atoms with Crippen LogP contribution in [0.3, 0.4) is 0 Å². The van der Waals surface area contributed by atoms with Crippen molar-refractivity contribution in [2.24, 2.45) is 17.8 Å². The van der Waals surface area contributed by atoms with E-state index in [1.165, 1.54) is 13.4 Å². The summed E-state index contributed by atoms with van der Waals surface area (Å²) in [5.74, 6) is 1.07. The van der Waals surface area contributed by atoms with Gasteiger partial charge in [-0.05, 0) is 31.1 Å². The fourth-order valence-electron chi connectivity index (χ4n) is 2.95. The molecule has 2 aliphatic rings. The second kappa shape index (κ2) is 3.64. The van der Waals surface area contributed by atoms with E-state index in [1.807, 2.05) is 0 Å². The SMILES string of the molecule is C=COC1CC2CC1CC2C(=O)OC. The number of carbonyl (C=O) groups excluding carboxylic acids is 1. The van der Waals surface area contributed by atoms with Gasteiger partial charge in [-0.1, -0.05) is 6.58 Å². The molecule has 0 aliphatic heterocycles. The van der Waals surface area contributed by atoms with Crippen molar-refractivity contribution in [2.75, 3.05) is 7.11 Å². The first-order valence-corrected chi connectivity index (χ1v) is 5.10. The molecule has 0 spiro atoms. The fourth-order valence-corrected chi connectivity index (χ4v) is 2.95. The van der Waals surface area contributed by atoms with E-state index in [-0.39, 0.29) is 11.9 Å². The zero-order valence-corrected chi connectivity index (χ0v) is 8.44. The molecule has 0 aromatic carbocycles. The summed E-state index contributed by atoms with van der Waals surface area (Å²) in [4.78, 5) is 11.4. The third-order valence-corrected chi connectivity index (χ3v) is 3.57. The van der Waals surface area contributed by atoms with Crippen LogP contribution in [0.1, 0.15) is 19.3 Å². The summed E-state index contributed by atoms with van der Waals surface area (Å²) in [6, 6.07) is 0. The molecule has 0 saturated heterocycles. The lowest BCUT2D eigenvalue weighted by atomic mass is 9.87. The number of methoxy groups -OCH3 is 1. The topological polar surface area (TPSA) is 35.5 Å². The van der Waals surface area contributed by atoms with Crippen LogP contribution in [-0.4, -0.2) is 19.2 Å². The highest BCUT2D eigenvalue weighted by Crippen LogP contribution is 2.50. The standard InChI is InChI=1S/C11H16O3/c1-3-14-10-6-7-4-8(10)5-9(7)11(12)13-2/h3,7-10H,1,4-6H2,2H3. The summed E-state index contributed by atoms with van der Waals surface area (Å²) in [6.07, 6.45) is 4.82. The Bertz CT molecular complexity index is 249. The fraction of sp³-hybridized carbons (Fsp3) is 0.727. The molecule has 0 aromatic heterocycles. The Morgan fingerprint density at radius 3 is 2.64 bits per heavy atom. The van der Waals surface area contributed by atoms with E-state index in [4.69, 9.17) is 9.47 Å². The van der Waals surface area contributed by atoms with Gasteiger partial charge in [0.25, 0.3) is 0 Å². The van der Waals surface area contributed by atoms with Gasteiger partial charge in [0.05, 0.1) is 19.3 Å². The number of rotatable bonds is 3. The molecule has 0 radical (unpaired) electrons. The van der Waals surface area contributed by atoms with Crippen LogP contribution in [0.25, 0.3) is 0 Å². The Labute approximate surface area is 84.1 Å². The van der Waals surface area contributed by atoms with Gasteiger partial charge in [-0.15, -0.1) is 0 Å². The number of hydrogen-bond acceptors (Lipinski definition) is 3. The van der Waals surface area contributed by atoms with Crippen LogP contribution in [0.15, 0.2) is 12.8 Å². The number of hydrogen-bond donors (Lipinski definition) is 0. The number of ether oxygens (including phenoxy) is 2. The molecule has 0 N–H and O–H groups in total. The van der Waals surface area contributed by atoms with Crippen molar-refractivity contribution >= 4 is 5.97 Å². The Kier molecular flexibility index (Phi) is 2.48. The Hall–Kier alpha value is -0.990. The van der Waals surface area contributed by atoms with E-state index in [2.05, 4.69) is 6.58 Å². The van der Waals surface area contributed by atoms with E-state index < -0.39 is 0 Å². The second-order valence-electron chi connectivity index (χ2n) is 4.20. The van der Waals surface area contributed by atoms with Crippen molar-refractivity contribution in [3.63, 3.8) is 0 Å². The molecular weight excluding hydrogens is 180 g/mol. The highest BCUT2D eigenvalue weighted by atomic mass is 16.5. The summed E-state index contributed by atoms with van der Waals surface area (Å²) in [7, 11) is 1.46. The molecule has 2 saturated carbocycles. The molecule has 0 heterocycles. The summed E-state index contributed by atoms with van der Waals surface area (Å²) in [5, 5.41) is 0. The molecule has 3 nitrogen and oxygen atoms in total. The van der Waals surface area contributed by atoms with Crippen LogP contribution in [0, 0.1) is 17.8 Å². The van der Waals surface area contributed by atoms with Gasteiger partial charge in [-0.3, -0.25) is 4.79 Å². The smallest absolute Gasteiger partial charge is 0.308 e. The molecule has 4 atom stereocenters. The minimum absolute atomic E-state index is 0.0467. The number of fused-ring (bicyclic) bond motifs is 2. The van der Waals surface area contributed by atoms with Crippen molar-refractivity contribution in [3.05, 3.63) is 12.8 Å². The summed E-state index contributed by atoms with van der Waals surface area (Å²) in [5.41, 5.74) is 0. The third-order valence-electron chi connectivity index (χ3n) is 3.57. The molecule has 3 heteroatoms. The molecule has 0 aromatic rings. The maximum absolute atomic E-state index is 11.4. The monoisotopic (exact) mass is 196 g/mol. The maximum atomic E-state index is 11.4. The quantitative estimate of drug-likeness (QED) is 0.509. The Balaban J connectivity index is 1.96. The lowest BCUT2D eigenvalue weighted by Crippen LogP contribution is -2.28. The largest absolute Gasteiger partial charge is 0.498 e. The molecule has 4 unspecified atom stereocenters. The van der Waals surface area contributed by atoms with E-state index in [0.717, 1.165) is 19.3 Å². The lowest BCUT2D eigenvalue weighted by molar-refractivity contribution is -0.147. The van der Waals surface area contributed by atoms with Gasteiger partial charge < -0.3 is 9.47 Å². The second-order valence-corrected chi connectivity index (χ2v) is 4.20. The van der Waals surface area contributed by atoms with E-state index in [1.54, 1.807) is 0 Å². The first kappa shape index (κ1) is 9.56. The van der Waals surface area contributed by atoms with Gasteiger partial charge in [-0.25, -0.2) is 0 Å². The van der Waals surface area contributed by atoms with Crippen LogP contribution in [0.5, 0.6) is 0 Å². The van der Waals surface area contributed by atoms with Gasteiger partial charge in [-0.2, -0.15) is 0 Å². The van der Waals surface area contributed by atoms with Crippen molar-refractivity contribution in [1.29, 1.82) is 0 Å². The predicted molar refractivity (Wildman–Crippen MR) is 51.4 cm³/mol. The molecule has 2 rings (SSSR count). The Morgan fingerprint density at radius 2 is 2.14 bits per heavy atom. The van der Waals surface area contributed by atoms with E-state index >= 15 is 0 Å². The van der Waals surface area contributed by atoms with Crippen molar-refractivity contribution in [3.8, 4) is 0 Å². The van der Waals surface area contributed by atoms with Gasteiger partial charge in [0.1, 0.15) is 6.10 Å². The third kappa shape index (κ3) is 1.41. The summed E-state index contributed by atoms with van der Waals surface area (Å²) < 4.78 is 10.2. The van der Waals surface area contributed by atoms with Crippen LogP contribution >= 0.6 is 0 Å². The zero-order valence-electron chi connectivity index (χ0n) is 8.44. The Morgan fingerprint density at radius 1 is 1.36 bits per heavy atom. The van der Waals surface area contributed by atoms with Crippen molar-refractivity contribution in [1.82, 2.24) is 0 Å². The van der Waals surface area contributed by atoms with Crippen LogP contribution in [0.2, 0.25) is 0 Å². The average Bonchev–Trinajstić information content (AvgIpc) is 2.76. The van der Waals surface area contributed by atoms with E-state index in [0.29, 0.717) is 17.9 Å². The lowest BCUT2D eigenvalue weighted by Gasteiger charge is -2.25.